The van der Waals surface area contributed by atoms with Crippen molar-refractivity contribution in [3.8, 4) is 17.9 Å². The van der Waals surface area contributed by atoms with E-state index in [1.54, 1.807) is 48.5 Å². The normalized spacial score (nSPS) is 9.93. The van der Waals surface area contributed by atoms with E-state index in [0.29, 0.717) is 11.1 Å². The Labute approximate surface area is 169 Å². The lowest BCUT2D eigenvalue weighted by Gasteiger charge is -2.05. The zero-order valence-electron chi connectivity index (χ0n) is 15.5. The molecule has 0 atom stereocenters. The van der Waals surface area contributed by atoms with Gasteiger partial charge < -0.3 is 9.50 Å². The fraction of sp³-hybridized carbons (Fsp3) is 0.0476. The Kier molecular flexibility index (Phi) is 7.33. The first-order valence-corrected chi connectivity index (χ1v) is 9.82. The number of hydrogen-bond donors (Lipinski definition) is 2. The molecular weight excluding hydrogens is 388 g/mol. The second-order valence-electron chi connectivity index (χ2n) is 5.89. The fourth-order valence-corrected chi connectivity index (χ4v) is 2.53. The fourth-order valence-electron chi connectivity index (χ4n) is 2.15. The third kappa shape index (κ3) is 7.73. The van der Waals surface area contributed by atoms with Crippen molar-refractivity contribution in [3.63, 3.8) is 0 Å². The van der Waals surface area contributed by atoms with Crippen LogP contribution in [0.1, 0.15) is 16.7 Å². The number of nitriles is 2. The monoisotopic (exact) mass is 406 g/mol. The van der Waals surface area contributed by atoms with Gasteiger partial charge in [0.05, 0.1) is 23.3 Å². The Morgan fingerprint density at radius 1 is 0.793 bits per heavy atom. The van der Waals surface area contributed by atoms with E-state index >= 15 is 0 Å². The summed E-state index contributed by atoms with van der Waals surface area (Å²) >= 11 is 0. The van der Waals surface area contributed by atoms with Crippen LogP contribution in [-0.2, 0) is 10.3 Å². The maximum Gasteiger partial charge on any atom is 0.380 e. The SMILES string of the molecule is Cc1ccc(OS(N)(=O)=O)cc1.N#Cc1ccc(Nc2ccc(C#N)cc2)cc1. The first-order valence-electron chi connectivity index (χ1n) is 8.35. The molecular formula is C21H18N4O3S. The summed E-state index contributed by atoms with van der Waals surface area (Å²) in [4.78, 5) is 0. The van der Waals surface area contributed by atoms with E-state index in [4.69, 9.17) is 10.5 Å². The molecule has 3 rings (SSSR count). The van der Waals surface area contributed by atoms with Crippen LogP contribution in [0.4, 0.5) is 11.4 Å². The van der Waals surface area contributed by atoms with Crippen LogP contribution in [0.15, 0.2) is 72.8 Å². The molecule has 3 aromatic rings. The highest BCUT2D eigenvalue weighted by Gasteiger charge is 2.03. The number of benzene rings is 3. The molecule has 0 amide bonds. The first kappa shape index (κ1) is 21.5. The standard InChI is InChI=1S/C14H9N3.C7H9NO3S/c15-9-11-1-5-13(6-2-11)17-14-7-3-12(10-16)4-8-14;1-6-2-4-7(5-3-6)11-12(8,9)10/h1-8,17H;2-5H,1H3,(H2,8,9,10). The minimum absolute atomic E-state index is 0.225. The largest absolute Gasteiger partial charge is 0.380 e. The summed E-state index contributed by atoms with van der Waals surface area (Å²) in [6.45, 7) is 1.89. The molecule has 0 radical (unpaired) electrons. The van der Waals surface area contributed by atoms with Gasteiger partial charge in [-0.15, -0.1) is 0 Å². The molecule has 0 bridgehead atoms. The Morgan fingerprint density at radius 3 is 1.55 bits per heavy atom. The summed E-state index contributed by atoms with van der Waals surface area (Å²) in [5.74, 6) is 0.225. The van der Waals surface area contributed by atoms with Crippen molar-refractivity contribution in [3.05, 3.63) is 89.5 Å². The smallest absolute Gasteiger partial charge is 0.371 e. The number of hydrogen-bond acceptors (Lipinski definition) is 6. The Hall–Kier alpha value is -3.85. The van der Waals surface area contributed by atoms with Gasteiger partial charge in [0.1, 0.15) is 5.75 Å². The van der Waals surface area contributed by atoms with Crippen LogP contribution < -0.4 is 14.6 Å². The van der Waals surface area contributed by atoms with Gasteiger partial charge in [0.25, 0.3) is 0 Å². The van der Waals surface area contributed by atoms with E-state index in [2.05, 4.69) is 26.8 Å². The maximum atomic E-state index is 10.4. The Bertz CT molecular complexity index is 1070. The molecule has 8 heteroatoms. The molecule has 7 nitrogen and oxygen atoms in total. The molecule has 0 saturated carbocycles. The zero-order chi connectivity index (χ0) is 21.3. The van der Waals surface area contributed by atoms with E-state index in [9.17, 15) is 8.42 Å². The molecule has 0 heterocycles. The summed E-state index contributed by atoms with van der Waals surface area (Å²) in [6.07, 6.45) is 0. The number of nitrogens with two attached hydrogens (primary N) is 1. The van der Waals surface area contributed by atoms with E-state index < -0.39 is 10.3 Å². The summed E-state index contributed by atoms with van der Waals surface area (Å²) in [5, 5.41) is 25.2. The summed E-state index contributed by atoms with van der Waals surface area (Å²) in [5.41, 5.74) is 4.12. The lowest BCUT2D eigenvalue weighted by atomic mass is 10.2. The predicted octanol–water partition coefficient (Wildman–Crippen LogP) is 3.75. The molecule has 29 heavy (non-hydrogen) atoms. The van der Waals surface area contributed by atoms with Gasteiger partial charge in [-0.05, 0) is 67.6 Å². The third-order valence-electron chi connectivity index (χ3n) is 3.55. The molecule has 0 aliphatic carbocycles. The summed E-state index contributed by atoms with van der Waals surface area (Å²) in [7, 11) is -3.89. The van der Waals surface area contributed by atoms with Crippen LogP contribution in [0.3, 0.4) is 0 Å². The van der Waals surface area contributed by atoms with Crippen LogP contribution in [0, 0.1) is 29.6 Å². The highest BCUT2D eigenvalue weighted by atomic mass is 32.2. The van der Waals surface area contributed by atoms with E-state index in [1.807, 2.05) is 31.2 Å². The maximum absolute atomic E-state index is 10.4. The van der Waals surface area contributed by atoms with Crippen LogP contribution in [0.2, 0.25) is 0 Å². The molecule has 3 aromatic carbocycles. The number of nitrogens with zero attached hydrogens (tertiary/aromatic N) is 2. The molecule has 0 aliphatic heterocycles. The van der Waals surface area contributed by atoms with Crippen LogP contribution in [0.25, 0.3) is 0 Å². The molecule has 0 saturated heterocycles. The van der Waals surface area contributed by atoms with Crippen molar-refractivity contribution in [1.29, 1.82) is 10.5 Å². The predicted molar refractivity (Wildman–Crippen MR) is 111 cm³/mol. The Balaban J connectivity index is 0.000000221. The van der Waals surface area contributed by atoms with Gasteiger partial charge in [-0.3, -0.25) is 0 Å². The molecule has 0 spiro atoms. The van der Waals surface area contributed by atoms with Gasteiger partial charge in [0.2, 0.25) is 0 Å². The van der Waals surface area contributed by atoms with Gasteiger partial charge in [-0.25, -0.2) is 0 Å². The van der Waals surface area contributed by atoms with Gasteiger partial charge in [-0.2, -0.15) is 24.1 Å². The lowest BCUT2D eigenvalue weighted by molar-refractivity contribution is 0.487. The van der Waals surface area contributed by atoms with E-state index in [0.717, 1.165) is 16.9 Å². The van der Waals surface area contributed by atoms with Gasteiger partial charge >= 0.3 is 10.3 Å². The van der Waals surface area contributed by atoms with Crippen LogP contribution >= 0.6 is 0 Å². The highest BCUT2D eigenvalue weighted by Crippen LogP contribution is 2.17. The van der Waals surface area contributed by atoms with E-state index in [-0.39, 0.29) is 5.75 Å². The van der Waals surface area contributed by atoms with Crippen LogP contribution in [-0.4, -0.2) is 8.42 Å². The lowest BCUT2D eigenvalue weighted by Crippen LogP contribution is -2.18. The first-order chi connectivity index (χ1) is 13.8. The van der Waals surface area contributed by atoms with Crippen LogP contribution in [0.5, 0.6) is 5.75 Å². The van der Waals surface area contributed by atoms with Crippen molar-refractivity contribution in [2.24, 2.45) is 5.14 Å². The van der Waals surface area contributed by atoms with Crippen molar-refractivity contribution in [1.82, 2.24) is 0 Å². The third-order valence-corrected chi connectivity index (χ3v) is 3.97. The van der Waals surface area contributed by atoms with Crippen molar-refractivity contribution in [2.45, 2.75) is 6.92 Å². The number of rotatable bonds is 4. The minimum atomic E-state index is -3.89. The van der Waals surface area contributed by atoms with Crippen molar-refractivity contribution in [2.75, 3.05) is 5.32 Å². The number of nitrogens with one attached hydrogen (secondary N) is 1. The molecule has 0 aliphatic rings. The molecule has 0 aromatic heterocycles. The minimum Gasteiger partial charge on any atom is -0.371 e. The van der Waals surface area contributed by atoms with Gasteiger partial charge in [-0.1, -0.05) is 17.7 Å². The van der Waals surface area contributed by atoms with Gasteiger partial charge in [0, 0.05) is 11.4 Å². The molecule has 146 valence electrons. The molecule has 0 fully saturated rings. The average Bonchev–Trinajstić information content (AvgIpc) is 2.70. The second-order valence-corrected chi connectivity index (χ2v) is 7.04. The van der Waals surface area contributed by atoms with Crippen molar-refractivity contribution < 1.29 is 12.6 Å². The number of anilines is 2. The highest BCUT2D eigenvalue weighted by molar-refractivity contribution is 7.84. The summed E-state index contributed by atoms with van der Waals surface area (Å²) in [6, 6.07) is 25.1. The molecule has 3 N–H and O–H groups in total. The van der Waals surface area contributed by atoms with Gasteiger partial charge in [0.15, 0.2) is 0 Å². The Morgan fingerprint density at radius 2 is 1.21 bits per heavy atom. The average molecular weight is 406 g/mol. The zero-order valence-corrected chi connectivity index (χ0v) is 16.3. The number of aryl methyl sites for hydroxylation is 1. The quantitative estimate of drug-likeness (QED) is 0.679. The topological polar surface area (TPSA) is 129 Å². The van der Waals surface area contributed by atoms with E-state index in [1.165, 1.54) is 0 Å². The second kappa shape index (κ2) is 9.90. The summed E-state index contributed by atoms with van der Waals surface area (Å²) < 4.78 is 25.3. The molecule has 0 unspecified atom stereocenters. The van der Waals surface area contributed by atoms with Crippen molar-refractivity contribution >= 4 is 21.7 Å².